The average Bonchev–Trinajstić information content (AvgIpc) is 3.23. The Kier molecular flexibility index (Phi) is 5.58. The molecule has 1 N–H and O–H groups in total. The number of benzene rings is 3. The summed E-state index contributed by atoms with van der Waals surface area (Å²) in [5.74, 6) is -0.270. The van der Waals surface area contributed by atoms with Crippen molar-refractivity contribution in [3.8, 4) is 0 Å². The van der Waals surface area contributed by atoms with E-state index in [-0.39, 0.29) is 10.8 Å². The zero-order valence-electron chi connectivity index (χ0n) is 15.7. The molecular formula is C22H21ClN2O3S. The van der Waals surface area contributed by atoms with Crippen molar-refractivity contribution >= 4 is 38.3 Å². The first-order valence-corrected chi connectivity index (χ1v) is 11.3. The van der Waals surface area contributed by atoms with Gasteiger partial charge in [0.15, 0.2) is 0 Å². The van der Waals surface area contributed by atoms with Crippen LogP contribution in [0.5, 0.6) is 0 Å². The molecular weight excluding hydrogens is 408 g/mol. The fourth-order valence-corrected chi connectivity index (χ4v) is 5.56. The van der Waals surface area contributed by atoms with Crippen LogP contribution in [0.4, 0.5) is 0 Å². The predicted octanol–water partition coefficient (Wildman–Crippen LogP) is 3.96. The lowest BCUT2D eigenvalue weighted by molar-refractivity contribution is -0.124. The molecule has 1 amide bonds. The number of amides is 1. The first-order chi connectivity index (χ1) is 14.0. The average molecular weight is 429 g/mol. The van der Waals surface area contributed by atoms with E-state index in [4.69, 9.17) is 11.6 Å². The highest BCUT2D eigenvalue weighted by Crippen LogP contribution is 2.27. The fourth-order valence-electron chi connectivity index (χ4n) is 3.78. The van der Waals surface area contributed by atoms with Crippen molar-refractivity contribution in [2.24, 2.45) is 0 Å². The zero-order valence-corrected chi connectivity index (χ0v) is 17.3. The normalized spacial score (nSPS) is 17.5. The second-order valence-corrected chi connectivity index (χ2v) is 9.41. The molecule has 5 nitrogen and oxygen atoms in total. The molecule has 0 radical (unpaired) electrons. The molecule has 0 spiro atoms. The Morgan fingerprint density at radius 1 is 1.03 bits per heavy atom. The van der Waals surface area contributed by atoms with E-state index >= 15 is 0 Å². The van der Waals surface area contributed by atoms with E-state index < -0.39 is 16.1 Å². The molecule has 0 bridgehead atoms. The van der Waals surface area contributed by atoms with Crippen molar-refractivity contribution in [1.29, 1.82) is 0 Å². The number of sulfonamides is 1. The van der Waals surface area contributed by atoms with Crippen molar-refractivity contribution < 1.29 is 13.2 Å². The second kappa shape index (κ2) is 8.14. The standard InChI is InChI=1S/C22H21ClN2O3S/c23-18-10-12-19(13-11-18)29(27,28)25-14-4-9-21(25)22(26)24-15-17-7-3-6-16-5-1-2-8-20(16)17/h1-3,5-8,10-13,21H,4,9,14-15H2,(H,24,26)/t21-/m1/s1. The number of rotatable bonds is 5. The third-order valence-corrected chi connectivity index (χ3v) is 7.43. The summed E-state index contributed by atoms with van der Waals surface area (Å²) in [6.07, 6.45) is 1.16. The lowest BCUT2D eigenvalue weighted by atomic mass is 10.0. The summed E-state index contributed by atoms with van der Waals surface area (Å²) in [6, 6.07) is 19.3. The van der Waals surface area contributed by atoms with Crippen molar-refractivity contribution in [3.63, 3.8) is 0 Å². The largest absolute Gasteiger partial charge is 0.351 e. The van der Waals surface area contributed by atoms with Gasteiger partial charge in [-0.2, -0.15) is 4.31 Å². The third kappa shape index (κ3) is 4.01. The lowest BCUT2D eigenvalue weighted by Gasteiger charge is -2.23. The second-order valence-electron chi connectivity index (χ2n) is 7.08. The summed E-state index contributed by atoms with van der Waals surface area (Å²) in [4.78, 5) is 13.0. The number of nitrogens with one attached hydrogen (secondary N) is 1. The van der Waals surface area contributed by atoms with Crippen LogP contribution in [0.15, 0.2) is 71.6 Å². The van der Waals surface area contributed by atoms with Crippen LogP contribution < -0.4 is 5.32 Å². The van der Waals surface area contributed by atoms with Gasteiger partial charge in [0.25, 0.3) is 0 Å². The number of fused-ring (bicyclic) bond motifs is 1. The van der Waals surface area contributed by atoms with Crippen LogP contribution >= 0.6 is 11.6 Å². The van der Waals surface area contributed by atoms with Gasteiger partial charge in [-0.3, -0.25) is 4.79 Å². The van der Waals surface area contributed by atoms with Gasteiger partial charge in [0, 0.05) is 18.1 Å². The SMILES string of the molecule is O=C(NCc1cccc2ccccc12)[C@H]1CCCN1S(=O)(=O)c1ccc(Cl)cc1. The molecule has 4 rings (SSSR count). The van der Waals surface area contributed by atoms with Gasteiger partial charge >= 0.3 is 0 Å². The molecule has 7 heteroatoms. The molecule has 0 saturated carbocycles. The topological polar surface area (TPSA) is 66.5 Å². The van der Waals surface area contributed by atoms with Crippen molar-refractivity contribution in [2.45, 2.75) is 30.3 Å². The molecule has 1 atom stereocenters. The molecule has 1 saturated heterocycles. The van der Waals surface area contributed by atoms with E-state index in [1.54, 1.807) is 12.1 Å². The summed E-state index contributed by atoms with van der Waals surface area (Å²) in [5.41, 5.74) is 1.00. The van der Waals surface area contributed by atoms with Crippen molar-refractivity contribution in [3.05, 3.63) is 77.3 Å². The number of carbonyl (C=O) groups excluding carboxylic acids is 1. The maximum absolute atomic E-state index is 13.0. The zero-order chi connectivity index (χ0) is 20.4. The molecule has 0 aliphatic carbocycles. The first kappa shape index (κ1) is 19.9. The van der Waals surface area contributed by atoms with Gasteiger partial charge in [-0.1, -0.05) is 54.1 Å². The van der Waals surface area contributed by atoms with Gasteiger partial charge in [0.1, 0.15) is 6.04 Å². The Labute approximate surface area is 175 Å². The minimum Gasteiger partial charge on any atom is -0.351 e. The van der Waals surface area contributed by atoms with Gasteiger partial charge in [0.05, 0.1) is 4.90 Å². The summed E-state index contributed by atoms with van der Waals surface area (Å²) in [6.45, 7) is 0.683. The van der Waals surface area contributed by atoms with Gasteiger partial charge in [-0.25, -0.2) is 8.42 Å². The van der Waals surface area contributed by atoms with Crippen LogP contribution in [-0.2, 0) is 21.4 Å². The van der Waals surface area contributed by atoms with E-state index in [9.17, 15) is 13.2 Å². The number of hydrogen-bond donors (Lipinski definition) is 1. The van der Waals surface area contributed by atoms with Crippen LogP contribution in [0, 0.1) is 0 Å². The van der Waals surface area contributed by atoms with Crippen LogP contribution in [0.1, 0.15) is 18.4 Å². The summed E-state index contributed by atoms with van der Waals surface area (Å²) < 4.78 is 27.3. The Bertz CT molecular complexity index is 1140. The van der Waals surface area contributed by atoms with Crippen LogP contribution in [0.25, 0.3) is 10.8 Å². The quantitative estimate of drug-likeness (QED) is 0.668. The summed E-state index contributed by atoms with van der Waals surface area (Å²) >= 11 is 5.87. The van der Waals surface area contributed by atoms with Crippen LogP contribution in [0.3, 0.4) is 0 Å². The van der Waals surface area contributed by atoms with Crippen molar-refractivity contribution in [2.75, 3.05) is 6.54 Å². The maximum atomic E-state index is 13.0. The molecule has 1 heterocycles. The molecule has 150 valence electrons. The van der Waals surface area contributed by atoms with Crippen LogP contribution in [0.2, 0.25) is 5.02 Å². The highest BCUT2D eigenvalue weighted by Gasteiger charge is 2.39. The van der Waals surface area contributed by atoms with Gasteiger partial charge in [0.2, 0.25) is 15.9 Å². The summed E-state index contributed by atoms with van der Waals surface area (Å²) in [7, 11) is -3.75. The van der Waals surface area contributed by atoms with Crippen molar-refractivity contribution in [1.82, 2.24) is 9.62 Å². The van der Waals surface area contributed by atoms with Gasteiger partial charge in [-0.15, -0.1) is 0 Å². The Morgan fingerprint density at radius 2 is 1.76 bits per heavy atom. The number of nitrogens with zero attached hydrogens (tertiary/aromatic N) is 1. The summed E-state index contributed by atoms with van der Waals surface area (Å²) in [5, 5.41) is 5.58. The third-order valence-electron chi connectivity index (χ3n) is 5.26. The molecule has 0 aromatic heterocycles. The van der Waals surface area contributed by atoms with Gasteiger partial charge < -0.3 is 5.32 Å². The molecule has 3 aromatic rings. The minimum absolute atomic E-state index is 0.149. The Morgan fingerprint density at radius 3 is 2.55 bits per heavy atom. The maximum Gasteiger partial charge on any atom is 0.243 e. The van der Waals surface area contributed by atoms with E-state index in [2.05, 4.69) is 5.32 Å². The number of carbonyl (C=O) groups is 1. The molecule has 0 unspecified atom stereocenters. The Balaban J connectivity index is 1.51. The Hall–Kier alpha value is -2.41. The van der Waals surface area contributed by atoms with E-state index in [0.717, 1.165) is 16.3 Å². The van der Waals surface area contributed by atoms with E-state index in [0.29, 0.717) is 31.0 Å². The highest BCUT2D eigenvalue weighted by atomic mass is 35.5. The monoisotopic (exact) mass is 428 g/mol. The molecule has 3 aromatic carbocycles. The smallest absolute Gasteiger partial charge is 0.243 e. The van der Waals surface area contributed by atoms with Gasteiger partial charge in [-0.05, 0) is 53.4 Å². The molecule has 1 aliphatic heterocycles. The number of halogens is 1. The fraction of sp³-hybridized carbons (Fsp3) is 0.227. The molecule has 1 fully saturated rings. The van der Waals surface area contributed by atoms with Crippen LogP contribution in [-0.4, -0.2) is 31.2 Å². The first-order valence-electron chi connectivity index (χ1n) is 9.48. The van der Waals surface area contributed by atoms with E-state index in [1.807, 2.05) is 42.5 Å². The minimum atomic E-state index is -3.75. The highest BCUT2D eigenvalue weighted by molar-refractivity contribution is 7.89. The molecule has 1 aliphatic rings. The predicted molar refractivity (Wildman–Crippen MR) is 114 cm³/mol. The number of hydrogen-bond acceptors (Lipinski definition) is 3. The molecule has 29 heavy (non-hydrogen) atoms. The lowest BCUT2D eigenvalue weighted by Crippen LogP contribution is -2.45. The van der Waals surface area contributed by atoms with E-state index in [1.165, 1.54) is 16.4 Å².